The summed E-state index contributed by atoms with van der Waals surface area (Å²) < 4.78 is 5.06. The Kier molecular flexibility index (Phi) is 3.28. The van der Waals surface area contributed by atoms with E-state index in [0.717, 1.165) is 0 Å². The number of H-pyrrole nitrogens is 1. The molecule has 0 saturated carbocycles. The Morgan fingerprint density at radius 3 is 2.93 bits per heavy atom. The van der Waals surface area contributed by atoms with Crippen LogP contribution < -0.4 is 15.5 Å². The summed E-state index contributed by atoms with van der Waals surface area (Å²) in [6.45, 7) is 1.56. The van der Waals surface area contributed by atoms with E-state index in [1.807, 2.05) is 0 Å². The van der Waals surface area contributed by atoms with E-state index in [1.54, 1.807) is 6.92 Å². The number of rotatable bonds is 3. The van der Waals surface area contributed by atoms with Crippen LogP contribution in [0.5, 0.6) is 5.75 Å². The molecule has 0 radical (unpaired) electrons. The molecule has 5 heteroatoms. The molecule has 1 heterocycles. The fourth-order valence-electron chi connectivity index (χ4n) is 0.958. The molecule has 0 aromatic carbocycles. The van der Waals surface area contributed by atoms with E-state index in [2.05, 4.69) is 10.3 Å². The van der Waals surface area contributed by atoms with E-state index in [9.17, 15) is 9.59 Å². The highest BCUT2D eigenvalue weighted by Crippen LogP contribution is 2.06. The molecule has 1 aromatic heterocycles. The van der Waals surface area contributed by atoms with Gasteiger partial charge in [-0.25, -0.2) is 0 Å². The Morgan fingerprint density at radius 1 is 1.64 bits per heavy atom. The van der Waals surface area contributed by atoms with E-state index in [-0.39, 0.29) is 23.7 Å². The third-order valence-corrected chi connectivity index (χ3v) is 1.73. The van der Waals surface area contributed by atoms with E-state index in [0.29, 0.717) is 5.69 Å². The SMILES string of the molecule is CNC(=O)COc1c(C)[nH]ccc1=O. The summed E-state index contributed by atoms with van der Waals surface area (Å²) in [4.78, 5) is 24.9. The summed E-state index contributed by atoms with van der Waals surface area (Å²) in [6, 6.07) is 1.35. The van der Waals surface area contributed by atoms with Gasteiger partial charge in [0.25, 0.3) is 5.91 Å². The molecule has 0 aliphatic rings. The summed E-state index contributed by atoms with van der Waals surface area (Å²) in [5.41, 5.74) is 0.381. The second kappa shape index (κ2) is 4.45. The largest absolute Gasteiger partial charge is 0.478 e. The molecule has 1 amide bonds. The molecule has 2 N–H and O–H groups in total. The Labute approximate surface area is 81.1 Å². The molecule has 0 bridgehead atoms. The van der Waals surface area contributed by atoms with E-state index < -0.39 is 0 Å². The molecular weight excluding hydrogens is 184 g/mol. The molecule has 0 saturated heterocycles. The van der Waals surface area contributed by atoms with Gasteiger partial charge in [0.05, 0.1) is 5.69 Å². The zero-order chi connectivity index (χ0) is 10.6. The molecule has 1 aromatic rings. The fourth-order valence-corrected chi connectivity index (χ4v) is 0.958. The molecule has 14 heavy (non-hydrogen) atoms. The van der Waals surface area contributed by atoms with Gasteiger partial charge in [-0.15, -0.1) is 0 Å². The van der Waals surface area contributed by atoms with Gasteiger partial charge in [-0.1, -0.05) is 0 Å². The van der Waals surface area contributed by atoms with Crippen LogP contribution in [0.4, 0.5) is 0 Å². The molecule has 0 atom stereocenters. The Balaban J connectivity index is 2.76. The van der Waals surface area contributed by atoms with Crippen LogP contribution in [-0.4, -0.2) is 24.5 Å². The van der Waals surface area contributed by atoms with Crippen molar-refractivity contribution in [3.8, 4) is 5.75 Å². The highest BCUT2D eigenvalue weighted by molar-refractivity contribution is 5.77. The minimum absolute atomic E-state index is 0.148. The van der Waals surface area contributed by atoms with Crippen molar-refractivity contribution in [1.29, 1.82) is 0 Å². The van der Waals surface area contributed by atoms with Crippen LogP contribution in [0.25, 0.3) is 0 Å². The van der Waals surface area contributed by atoms with Gasteiger partial charge in [-0.05, 0) is 6.92 Å². The standard InChI is InChI=1S/C9H12N2O3/c1-6-9(7(12)3-4-11-6)14-5-8(13)10-2/h3-4H,5H2,1-2H3,(H,10,13)(H,11,12). The lowest BCUT2D eigenvalue weighted by Gasteiger charge is -2.06. The minimum atomic E-state index is -0.271. The molecule has 76 valence electrons. The first-order chi connectivity index (χ1) is 6.65. The van der Waals surface area contributed by atoms with Crippen LogP contribution >= 0.6 is 0 Å². The smallest absolute Gasteiger partial charge is 0.257 e. The lowest BCUT2D eigenvalue weighted by Crippen LogP contribution is -2.26. The molecular formula is C9H12N2O3. The van der Waals surface area contributed by atoms with Crippen molar-refractivity contribution in [2.45, 2.75) is 6.92 Å². The number of pyridine rings is 1. The maximum Gasteiger partial charge on any atom is 0.257 e. The number of likely N-dealkylation sites (N-methyl/N-ethyl adjacent to an activating group) is 1. The third-order valence-electron chi connectivity index (χ3n) is 1.73. The number of carbonyl (C=O) groups is 1. The van der Waals surface area contributed by atoms with Gasteiger partial charge in [0.2, 0.25) is 5.43 Å². The molecule has 0 unspecified atom stereocenters. The number of hydrogen-bond acceptors (Lipinski definition) is 3. The second-order valence-electron chi connectivity index (χ2n) is 2.76. The lowest BCUT2D eigenvalue weighted by molar-refractivity contribution is -0.122. The maximum absolute atomic E-state index is 11.3. The molecule has 1 rings (SSSR count). The first kappa shape index (κ1) is 10.3. The van der Waals surface area contributed by atoms with Crippen LogP contribution in [0.3, 0.4) is 0 Å². The van der Waals surface area contributed by atoms with Crippen molar-refractivity contribution < 1.29 is 9.53 Å². The molecule has 0 fully saturated rings. The van der Waals surface area contributed by atoms with Crippen LogP contribution in [0.2, 0.25) is 0 Å². The average Bonchev–Trinajstić information content (AvgIpc) is 2.16. The molecule has 0 aliphatic heterocycles. The summed E-state index contributed by atoms with van der Waals surface area (Å²) in [5.74, 6) is -0.0799. The van der Waals surface area contributed by atoms with E-state index in [1.165, 1.54) is 19.3 Å². The Bertz CT molecular complexity index is 384. The van der Waals surface area contributed by atoms with Gasteiger partial charge >= 0.3 is 0 Å². The van der Waals surface area contributed by atoms with Crippen molar-refractivity contribution in [3.63, 3.8) is 0 Å². The third kappa shape index (κ3) is 2.35. The van der Waals surface area contributed by atoms with Gasteiger partial charge in [-0.2, -0.15) is 0 Å². The maximum atomic E-state index is 11.3. The highest BCUT2D eigenvalue weighted by atomic mass is 16.5. The van der Waals surface area contributed by atoms with E-state index >= 15 is 0 Å². The number of aromatic amines is 1. The zero-order valence-electron chi connectivity index (χ0n) is 8.09. The normalized spacial score (nSPS) is 9.57. The van der Waals surface area contributed by atoms with Crippen molar-refractivity contribution in [2.24, 2.45) is 0 Å². The molecule has 0 spiro atoms. The predicted octanol–water partition coefficient (Wildman–Crippen LogP) is -0.192. The van der Waals surface area contributed by atoms with Crippen molar-refractivity contribution in [2.75, 3.05) is 13.7 Å². The molecule has 0 aliphatic carbocycles. The topological polar surface area (TPSA) is 71.2 Å². The Morgan fingerprint density at radius 2 is 2.36 bits per heavy atom. The van der Waals surface area contributed by atoms with Gasteiger partial charge in [0.15, 0.2) is 12.4 Å². The van der Waals surface area contributed by atoms with Crippen LogP contribution in [0.1, 0.15) is 5.69 Å². The van der Waals surface area contributed by atoms with Gasteiger partial charge in [0, 0.05) is 19.3 Å². The minimum Gasteiger partial charge on any atom is -0.478 e. The second-order valence-corrected chi connectivity index (χ2v) is 2.76. The lowest BCUT2D eigenvalue weighted by atomic mass is 10.3. The molecule has 5 nitrogen and oxygen atoms in total. The Hall–Kier alpha value is -1.78. The predicted molar refractivity (Wildman–Crippen MR) is 51.4 cm³/mol. The van der Waals surface area contributed by atoms with Crippen molar-refractivity contribution in [1.82, 2.24) is 10.3 Å². The monoisotopic (exact) mass is 196 g/mol. The first-order valence-electron chi connectivity index (χ1n) is 4.17. The number of amides is 1. The summed E-state index contributed by atoms with van der Waals surface area (Å²) in [6.07, 6.45) is 1.53. The zero-order valence-corrected chi connectivity index (χ0v) is 8.09. The van der Waals surface area contributed by atoms with E-state index in [4.69, 9.17) is 4.74 Å². The number of aromatic nitrogens is 1. The van der Waals surface area contributed by atoms with Crippen molar-refractivity contribution >= 4 is 5.91 Å². The van der Waals surface area contributed by atoms with Gasteiger partial charge < -0.3 is 15.0 Å². The van der Waals surface area contributed by atoms with Crippen molar-refractivity contribution in [3.05, 3.63) is 28.2 Å². The summed E-state index contributed by atoms with van der Waals surface area (Å²) in [7, 11) is 1.51. The van der Waals surface area contributed by atoms with Crippen LogP contribution in [-0.2, 0) is 4.79 Å². The fraction of sp³-hybridized carbons (Fsp3) is 0.333. The van der Waals surface area contributed by atoms with Gasteiger partial charge in [-0.3, -0.25) is 9.59 Å². The van der Waals surface area contributed by atoms with Crippen LogP contribution in [0.15, 0.2) is 17.1 Å². The number of hydrogen-bond donors (Lipinski definition) is 2. The number of nitrogens with one attached hydrogen (secondary N) is 2. The number of carbonyl (C=O) groups excluding carboxylic acids is 1. The number of aryl methyl sites for hydroxylation is 1. The quantitative estimate of drug-likeness (QED) is 0.703. The van der Waals surface area contributed by atoms with Gasteiger partial charge in [0.1, 0.15) is 0 Å². The van der Waals surface area contributed by atoms with Crippen LogP contribution in [0, 0.1) is 6.92 Å². The summed E-state index contributed by atoms with van der Waals surface area (Å²) >= 11 is 0. The highest BCUT2D eigenvalue weighted by Gasteiger charge is 2.06. The average molecular weight is 196 g/mol. The number of ether oxygens (including phenoxy) is 1. The first-order valence-corrected chi connectivity index (χ1v) is 4.17. The summed E-state index contributed by atoms with van der Waals surface area (Å²) in [5, 5.41) is 2.40.